The van der Waals surface area contributed by atoms with Crippen LogP contribution in [-0.4, -0.2) is 37.0 Å². The number of hydrogen-bond acceptors (Lipinski definition) is 9. The van der Waals surface area contributed by atoms with Gasteiger partial charge in [-0.3, -0.25) is 0 Å². The number of benzene rings is 1. The van der Waals surface area contributed by atoms with Gasteiger partial charge in [-0.2, -0.15) is 9.67 Å². The summed E-state index contributed by atoms with van der Waals surface area (Å²) in [5.41, 5.74) is 0.786. The second-order valence-electron chi connectivity index (χ2n) is 5.06. The van der Waals surface area contributed by atoms with Crippen LogP contribution in [0.25, 0.3) is 16.5 Å². The van der Waals surface area contributed by atoms with Crippen molar-refractivity contribution in [2.45, 2.75) is 17.8 Å². The lowest BCUT2D eigenvalue weighted by Crippen LogP contribution is -2.03. The number of thiophene rings is 1. The second kappa shape index (κ2) is 7.67. The molecule has 1 aromatic carbocycles. The topological polar surface area (TPSA) is 91.8 Å². The SMILES string of the molecule is CCOc1ccccc1-n1nnnc1SCc1noc(-c2cccs2)n1. The minimum atomic E-state index is 0.492. The summed E-state index contributed by atoms with van der Waals surface area (Å²) in [6.07, 6.45) is 0. The standard InChI is InChI=1S/C16H14N6O2S2/c1-2-23-12-7-4-3-6-11(12)22-16(18-20-21-22)26-10-14-17-15(24-19-14)13-8-5-9-25-13/h3-9H,2,10H2,1H3. The molecule has 0 aliphatic rings. The van der Waals surface area contributed by atoms with Crippen LogP contribution in [0.2, 0.25) is 0 Å². The largest absolute Gasteiger partial charge is 0.492 e. The van der Waals surface area contributed by atoms with Crippen molar-refractivity contribution in [3.05, 3.63) is 47.6 Å². The Hall–Kier alpha value is -2.72. The monoisotopic (exact) mass is 386 g/mol. The molecule has 10 heteroatoms. The zero-order chi connectivity index (χ0) is 17.8. The van der Waals surface area contributed by atoms with E-state index in [2.05, 4.69) is 25.7 Å². The summed E-state index contributed by atoms with van der Waals surface area (Å²) < 4.78 is 12.6. The molecule has 4 aromatic rings. The average Bonchev–Trinajstić information content (AvgIpc) is 3.41. The number of tetrazole rings is 1. The van der Waals surface area contributed by atoms with Gasteiger partial charge >= 0.3 is 0 Å². The van der Waals surface area contributed by atoms with Crippen LogP contribution < -0.4 is 4.74 Å². The third kappa shape index (κ3) is 3.46. The number of hydrogen-bond donors (Lipinski definition) is 0. The highest BCUT2D eigenvalue weighted by Gasteiger charge is 2.15. The summed E-state index contributed by atoms with van der Waals surface area (Å²) in [6.45, 7) is 2.50. The Labute approximate surface area is 157 Å². The van der Waals surface area contributed by atoms with Gasteiger partial charge in [0.05, 0.1) is 17.2 Å². The van der Waals surface area contributed by atoms with Crippen molar-refractivity contribution in [1.82, 2.24) is 30.3 Å². The maximum Gasteiger partial charge on any atom is 0.268 e. The predicted molar refractivity (Wildman–Crippen MR) is 97.5 cm³/mol. The van der Waals surface area contributed by atoms with Crippen molar-refractivity contribution >= 4 is 23.1 Å². The summed E-state index contributed by atoms with van der Waals surface area (Å²) in [4.78, 5) is 5.36. The van der Waals surface area contributed by atoms with Crippen molar-refractivity contribution in [3.63, 3.8) is 0 Å². The maximum atomic E-state index is 5.66. The lowest BCUT2D eigenvalue weighted by atomic mass is 10.3. The Balaban J connectivity index is 1.52. The van der Waals surface area contributed by atoms with Gasteiger partial charge < -0.3 is 9.26 Å². The third-order valence-corrected chi connectivity index (χ3v) is 5.14. The molecule has 0 aliphatic carbocycles. The number of rotatable bonds is 7. The summed E-state index contributed by atoms with van der Waals surface area (Å²) in [5, 5.41) is 18.6. The predicted octanol–water partition coefficient (Wildman–Crippen LogP) is 3.46. The number of thioether (sulfide) groups is 1. The Morgan fingerprint density at radius 1 is 1.23 bits per heavy atom. The minimum Gasteiger partial charge on any atom is -0.492 e. The summed E-state index contributed by atoms with van der Waals surface area (Å²) >= 11 is 2.99. The lowest BCUT2D eigenvalue weighted by Gasteiger charge is -2.10. The highest BCUT2D eigenvalue weighted by Crippen LogP contribution is 2.28. The first-order valence-corrected chi connectivity index (χ1v) is 9.71. The molecule has 8 nitrogen and oxygen atoms in total. The Morgan fingerprint density at radius 2 is 2.15 bits per heavy atom. The van der Waals surface area contributed by atoms with Crippen LogP contribution >= 0.6 is 23.1 Å². The molecule has 0 bridgehead atoms. The molecule has 132 valence electrons. The Bertz CT molecular complexity index is 982. The van der Waals surface area contributed by atoms with E-state index in [-0.39, 0.29) is 0 Å². The molecule has 0 radical (unpaired) electrons. The first-order valence-electron chi connectivity index (χ1n) is 7.85. The van der Waals surface area contributed by atoms with Gasteiger partial charge in [0.1, 0.15) is 11.4 Å². The summed E-state index contributed by atoms with van der Waals surface area (Å²) in [5.74, 6) is 2.33. The summed E-state index contributed by atoms with van der Waals surface area (Å²) in [6, 6.07) is 11.5. The smallest absolute Gasteiger partial charge is 0.268 e. The third-order valence-electron chi connectivity index (χ3n) is 3.36. The van der Waals surface area contributed by atoms with Crippen LogP contribution in [0, 0.1) is 0 Å². The molecule has 0 saturated heterocycles. The van der Waals surface area contributed by atoms with E-state index in [1.165, 1.54) is 11.8 Å². The fourth-order valence-electron chi connectivity index (χ4n) is 2.27. The van der Waals surface area contributed by atoms with Crippen LogP contribution in [0.15, 0.2) is 51.5 Å². The quantitative estimate of drug-likeness (QED) is 0.446. The molecule has 26 heavy (non-hydrogen) atoms. The minimum absolute atomic E-state index is 0.492. The van der Waals surface area contributed by atoms with Crippen molar-refractivity contribution in [1.29, 1.82) is 0 Å². The molecule has 0 spiro atoms. The molecule has 4 rings (SSSR count). The van der Waals surface area contributed by atoms with Gasteiger partial charge in [0.2, 0.25) is 5.16 Å². The molecule has 0 N–H and O–H groups in total. The maximum absolute atomic E-state index is 5.66. The van der Waals surface area contributed by atoms with Crippen LogP contribution in [-0.2, 0) is 5.75 Å². The molecule has 0 aliphatic heterocycles. The van der Waals surface area contributed by atoms with Gasteiger partial charge in [-0.15, -0.1) is 16.4 Å². The van der Waals surface area contributed by atoms with Crippen molar-refractivity contribution < 1.29 is 9.26 Å². The van der Waals surface area contributed by atoms with Gasteiger partial charge in [-0.05, 0) is 40.9 Å². The van der Waals surface area contributed by atoms with Gasteiger partial charge in [0.25, 0.3) is 5.89 Å². The molecular formula is C16H14N6O2S2. The van der Waals surface area contributed by atoms with E-state index in [9.17, 15) is 0 Å². The summed E-state index contributed by atoms with van der Waals surface area (Å²) in [7, 11) is 0. The van der Waals surface area contributed by atoms with Crippen LogP contribution in [0.5, 0.6) is 5.75 Å². The van der Waals surface area contributed by atoms with E-state index in [1.54, 1.807) is 16.0 Å². The highest BCUT2D eigenvalue weighted by molar-refractivity contribution is 7.98. The van der Waals surface area contributed by atoms with Gasteiger partial charge in [0, 0.05) is 0 Å². The average molecular weight is 386 g/mol. The van der Waals surface area contributed by atoms with Crippen LogP contribution in [0.4, 0.5) is 0 Å². The van der Waals surface area contributed by atoms with E-state index >= 15 is 0 Å². The van der Waals surface area contributed by atoms with Crippen molar-refractivity contribution in [3.8, 4) is 22.2 Å². The number of ether oxygens (including phenoxy) is 1. The molecular weight excluding hydrogens is 372 g/mol. The lowest BCUT2D eigenvalue weighted by molar-refractivity contribution is 0.337. The van der Waals surface area contributed by atoms with Gasteiger partial charge in [-0.1, -0.05) is 35.1 Å². The van der Waals surface area contributed by atoms with Gasteiger partial charge in [-0.25, -0.2) is 0 Å². The van der Waals surface area contributed by atoms with E-state index in [0.717, 1.165) is 16.3 Å². The Kier molecular flexibility index (Phi) is 4.93. The molecule has 0 atom stereocenters. The molecule has 0 saturated carbocycles. The fourth-order valence-corrected chi connectivity index (χ4v) is 3.64. The first-order chi connectivity index (χ1) is 12.8. The van der Waals surface area contributed by atoms with Gasteiger partial charge in [0.15, 0.2) is 5.82 Å². The Morgan fingerprint density at radius 3 is 3.00 bits per heavy atom. The highest BCUT2D eigenvalue weighted by atomic mass is 32.2. The zero-order valence-electron chi connectivity index (χ0n) is 13.8. The first kappa shape index (κ1) is 16.7. The molecule has 0 amide bonds. The molecule has 3 aromatic heterocycles. The number of aromatic nitrogens is 6. The number of nitrogens with zero attached hydrogens (tertiary/aromatic N) is 6. The normalized spacial score (nSPS) is 11.0. The second-order valence-corrected chi connectivity index (χ2v) is 6.95. The van der Waals surface area contributed by atoms with E-state index in [0.29, 0.717) is 29.2 Å². The number of para-hydroxylation sites is 2. The van der Waals surface area contributed by atoms with Crippen LogP contribution in [0.1, 0.15) is 12.7 Å². The van der Waals surface area contributed by atoms with Crippen molar-refractivity contribution in [2.75, 3.05) is 6.61 Å². The van der Waals surface area contributed by atoms with E-state index in [1.807, 2.05) is 48.7 Å². The van der Waals surface area contributed by atoms with Crippen LogP contribution in [0.3, 0.4) is 0 Å². The van der Waals surface area contributed by atoms with Crippen molar-refractivity contribution in [2.24, 2.45) is 0 Å². The van der Waals surface area contributed by atoms with E-state index < -0.39 is 0 Å². The fraction of sp³-hybridized carbons (Fsp3) is 0.188. The zero-order valence-corrected chi connectivity index (χ0v) is 15.4. The molecule has 3 heterocycles. The molecule has 0 unspecified atom stereocenters. The molecule has 0 fully saturated rings. The van der Waals surface area contributed by atoms with E-state index in [4.69, 9.17) is 9.26 Å².